The fraction of sp³-hybridized carbons (Fsp3) is 0.391. The van der Waals surface area contributed by atoms with E-state index < -0.39 is 11.6 Å². The van der Waals surface area contributed by atoms with Gasteiger partial charge in [0.2, 0.25) is 11.8 Å². The third kappa shape index (κ3) is 6.19. The molecule has 0 aromatic heterocycles. The highest BCUT2D eigenvalue weighted by Gasteiger charge is 2.28. The van der Waals surface area contributed by atoms with E-state index in [2.05, 4.69) is 5.32 Å². The van der Waals surface area contributed by atoms with Crippen LogP contribution in [0.2, 0.25) is 0 Å². The molecule has 2 aromatic carbocycles. The Morgan fingerprint density at radius 2 is 1.68 bits per heavy atom. The molecule has 0 spiro atoms. The average Bonchev–Trinajstić information content (AvgIpc) is 2.61. The highest BCUT2D eigenvalue weighted by molar-refractivity contribution is 5.88. The van der Waals surface area contributed by atoms with Crippen molar-refractivity contribution in [2.24, 2.45) is 0 Å². The Hall–Kier alpha value is -2.69. The van der Waals surface area contributed by atoms with Crippen LogP contribution >= 0.6 is 0 Å². The summed E-state index contributed by atoms with van der Waals surface area (Å²) in [4.78, 5) is 27.2. The van der Waals surface area contributed by atoms with Gasteiger partial charge in [-0.2, -0.15) is 0 Å². The molecular weight excluding hydrogens is 355 g/mol. The van der Waals surface area contributed by atoms with Crippen LogP contribution in [-0.4, -0.2) is 28.3 Å². The third-order valence-corrected chi connectivity index (χ3v) is 4.44. The SMILES string of the molecule is Cc1ccc(CC(=O)N(Cc2ccccc2F)[C@@H](C)C(=O)NC(C)(C)C)cc1. The number of carbonyl (C=O) groups excluding carboxylic acids is 2. The van der Waals surface area contributed by atoms with Crippen LogP contribution in [-0.2, 0) is 22.6 Å². The van der Waals surface area contributed by atoms with E-state index >= 15 is 0 Å². The molecule has 1 N–H and O–H groups in total. The molecule has 0 heterocycles. The van der Waals surface area contributed by atoms with Crippen molar-refractivity contribution in [1.29, 1.82) is 0 Å². The average molecular weight is 384 g/mol. The van der Waals surface area contributed by atoms with Gasteiger partial charge in [0.1, 0.15) is 11.9 Å². The normalized spacial score (nSPS) is 12.4. The Labute approximate surface area is 166 Å². The summed E-state index contributed by atoms with van der Waals surface area (Å²) in [6.07, 6.45) is 0.155. The summed E-state index contributed by atoms with van der Waals surface area (Å²) in [5.41, 5.74) is 1.93. The Morgan fingerprint density at radius 1 is 1.07 bits per heavy atom. The second-order valence-corrected chi connectivity index (χ2v) is 8.19. The van der Waals surface area contributed by atoms with E-state index in [1.807, 2.05) is 52.0 Å². The molecule has 0 aliphatic carbocycles. The number of nitrogens with zero attached hydrogens (tertiary/aromatic N) is 1. The Morgan fingerprint density at radius 3 is 2.25 bits per heavy atom. The van der Waals surface area contributed by atoms with Crippen LogP contribution in [0.4, 0.5) is 4.39 Å². The maximum absolute atomic E-state index is 14.2. The van der Waals surface area contributed by atoms with Gasteiger partial charge in [-0.15, -0.1) is 0 Å². The van der Waals surface area contributed by atoms with Crippen molar-refractivity contribution in [2.75, 3.05) is 0 Å². The summed E-state index contributed by atoms with van der Waals surface area (Å²) in [5.74, 6) is -0.871. The predicted octanol–water partition coefficient (Wildman–Crippen LogP) is 4.01. The fourth-order valence-corrected chi connectivity index (χ4v) is 2.85. The maximum Gasteiger partial charge on any atom is 0.242 e. The molecule has 0 aliphatic rings. The zero-order valence-electron chi connectivity index (χ0n) is 17.3. The number of halogens is 1. The maximum atomic E-state index is 14.2. The zero-order valence-corrected chi connectivity index (χ0v) is 17.3. The first-order valence-corrected chi connectivity index (χ1v) is 9.47. The zero-order chi connectivity index (χ0) is 20.9. The summed E-state index contributed by atoms with van der Waals surface area (Å²) in [6, 6.07) is 13.3. The molecule has 28 heavy (non-hydrogen) atoms. The molecule has 2 amide bonds. The lowest BCUT2D eigenvalue weighted by Crippen LogP contribution is -2.52. The van der Waals surface area contributed by atoms with Crippen LogP contribution in [0, 0.1) is 12.7 Å². The number of nitrogens with one attached hydrogen (secondary N) is 1. The molecule has 0 saturated carbocycles. The van der Waals surface area contributed by atoms with Gasteiger partial charge in [-0.05, 0) is 46.2 Å². The second kappa shape index (κ2) is 9.00. The molecule has 0 radical (unpaired) electrons. The van der Waals surface area contributed by atoms with Crippen molar-refractivity contribution < 1.29 is 14.0 Å². The Bertz CT molecular complexity index is 825. The lowest BCUT2D eigenvalue weighted by Gasteiger charge is -2.31. The lowest BCUT2D eigenvalue weighted by molar-refractivity contribution is -0.140. The smallest absolute Gasteiger partial charge is 0.242 e. The first-order chi connectivity index (χ1) is 13.1. The van der Waals surface area contributed by atoms with Gasteiger partial charge in [0.05, 0.1) is 6.42 Å². The molecular formula is C23H29FN2O2. The van der Waals surface area contributed by atoms with Crippen LogP contribution < -0.4 is 5.32 Å². The van der Waals surface area contributed by atoms with Gasteiger partial charge in [0.15, 0.2) is 0 Å². The molecule has 150 valence electrons. The quantitative estimate of drug-likeness (QED) is 0.818. The first-order valence-electron chi connectivity index (χ1n) is 9.47. The molecule has 0 unspecified atom stereocenters. The molecule has 2 rings (SSSR count). The van der Waals surface area contributed by atoms with Gasteiger partial charge in [-0.3, -0.25) is 9.59 Å². The number of carbonyl (C=O) groups is 2. The number of aryl methyl sites for hydroxylation is 1. The van der Waals surface area contributed by atoms with Gasteiger partial charge in [-0.25, -0.2) is 4.39 Å². The van der Waals surface area contributed by atoms with Crippen molar-refractivity contribution in [1.82, 2.24) is 10.2 Å². The standard InChI is InChI=1S/C23H29FN2O2/c1-16-10-12-18(13-11-16)14-21(27)26(15-19-8-6-7-9-20(19)24)17(2)22(28)25-23(3,4)5/h6-13,17H,14-15H2,1-5H3,(H,25,28)/t17-/m0/s1. The Kier molecular flexibility index (Phi) is 6.95. The van der Waals surface area contributed by atoms with Crippen molar-refractivity contribution in [3.63, 3.8) is 0 Å². The van der Waals surface area contributed by atoms with E-state index in [0.29, 0.717) is 5.56 Å². The number of benzene rings is 2. The molecule has 0 aliphatic heterocycles. The minimum atomic E-state index is -0.725. The number of rotatable bonds is 6. The largest absolute Gasteiger partial charge is 0.350 e. The van der Waals surface area contributed by atoms with E-state index in [1.165, 1.54) is 11.0 Å². The predicted molar refractivity (Wildman–Crippen MR) is 109 cm³/mol. The topological polar surface area (TPSA) is 49.4 Å². The Balaban J connectivity index is 2.26. The van der Waals surface area contributed by atoms with Gasteiger partial charge in [0.25, 0.3) is 0 Å². The van der Waals surface area contributed by atoms with Gasteiger partial charge in [0, 0.05) is 17.6 Å². The van der Waals surface area contributed by atoms with E-state index in [0.717, 1.165) is 11.1 Å². The summed E-state index contributed by atoms with van der Waals surface area (Å²) in [7, 11) is 0. The molecule has 0 fully saturated rings. The number of hydrogen-bond acceptors (Lipinski definition) is 2. The van der Waals surface area contributed by atoms with Gasteiger partial charge in [-0.1, -0.05) is 48.0 Å². The van der Waals surface area contributed by atoms with Crippen LogP contribution in [0.1, 0.15) is 44.4 Å². The van der Waals surface area contributed by atoms with E-state index in [-0.39, 0.29) is 30.6 Å². The molecule has 0 saturated heterocycles. The third-order valence-electron chi connectivity index (χ3n) is 4.44. The highest BCUT2D eigenvalue weighted by Crippen LogP contribution is 2.16. The minimum absolute atomic E-state index is 0.0378. The molecule has 1 atom stereocenters. The van der Waals surface area contributed by atoms with Crippen LogP contribution in [0.5, 0.6) is 0 Å². The van der Waals surface area contributed by atoms with Crippen molar-refractivity contribution in [3.8, 4) is 0 Å². The minimum Gasteiger partial charge on any atom is -0.350 e. The summed E-state index contributed by atoms with van der Waals surface area (Å²) < 4.78 is 14.2. The second-order valence-electron chi connectivity index (χ2n) is 8.19. The van der Waals surface area contributed by atoms with E-state index in [9.17, 15) is 14.0 Å². The molecule has 4 nitrogen and oxygen atoms in total. The highest BCUT2D eigenvalue weighted by atomic mass is 19.1. The van der Waals surface area contributed by atoms with Crippen molar-refractivity contribution in [3.05, 3.63) is 71.0 Å². The first kappa shape index (κ1) is 21.6. The lowest BCUT2D eigenvalue weighted by atomic mass is 10.1. The van der Waals surface area contributed by atoms with Crippen molar-refractivity contribution >= 4 is 11.8 Å². The number of amides is 2. The van der Waals surface area contributed by atoms with E-state index in [4.69, 9.17) is 0 Å². The summed E-state index contributed by atoms with van der Waals surface area (Å²) in [6.45, 7) is 9.34. The number of hydrogen-bond donors (Lipinski definition) is 1. The molecule has 5 heteroatoms. The summed E-state index contributed by atoms with van der Waals surface area (Å²) in [5, 5.41) is 2.90. The van der Waals surface area contributed by atoms with Crippen molar-refractivity contribution in [2.45, 2.75) is 59.2 Å². The fourth-order valence-electron chi connectivity index (χ4n) is 2.85. The van der Waals surface area contributed by atoms with E-state index in [1.54, 1.807) is 25.1 Å². The van der Waals surface area contributed by atoms with Crippen LogP contribution in [0.25, 0.3) is 0 Å². The monoisotopic (exact) mass is 384 g/mol. The van der Waals surface area contributed by atoms with Crippen LogP contribution in [0.15, 0.2) is 48.5 Å². The van der Waals surface area contributed by atoms with Gasteiger partial charge >= 0.3 is 0 Å². The van der Waals surface area contributed by atoms with Crippen LogP contribution in [0.3, 0.4) is 0 Å². The molecule has 0 bridgehead atoms. The summed E-state index contributed by atoms with van der Waals surface area (Å²) >= 11 is 0. The molecule has 2 aromatic rings. The van der Waals surface area contributed by atoms with Gasteiger partial charge < -0.3 is 10.2 Å².